The molecule has 0 radical (unpaired) electrons. The lowest BCUT2D eigenvalue weighted by Crippen LogP contribution is -2.40. The number of hydrogen-bond acceptors (Lipinski definition) is 2. The Kier molecular flexibility index (Phi) is 3.07. The molecule has 0 spiro atoms. The van der Waals surface area contributed by atoms with Gasteiger partial charge in [0.1, 0.15) is 0 Å². The molecule has 1 aliphatic carbocycles. The summed E-state index contributed by atoms with van der Waals surface area (Å²) >= 11 is 0. The number of hydrogen-bond donors (Lipinski definition) is 0. The summed E-state index contributed by atoms with van der Waals surface area (Å²) in [5.74, 6) is 0. The van der Waals surface area contributed by atoms with E-state index in [1.54, 1.807) is 6.20 Å². The number of nitrogens with zero attached hydrogens (tertiary/aromatic N) is 2. The Morgan fingerprint density at radius 2 is 2.24 bits per heavy atom. The lowest BCUT2D eigenvalue weighted by atomic mass is 9.86. The number of aryl methyl sites for hydroxylation is 1. The minimum Gasteiger partial charge on any atom is -0.347 e. The maximum absolute atomic E-state index is 7.56. The number of aromatic nitrogens is 1. The number of pyridine rings is 1. The second-order valence-corrected chi connectivity index (χ2v) is 9.93. The molecule has 0 fully saturated rings. The molecule has 17 heavy (non-hydrogen) atoms. The zero-order valence-corrected chi connectivity index (χ0v) is 11.7. The third-order valence-corrected chi connectivity index (χ3v) is 3.89. The Bertz CT molecular complexity index is 461. The van der Waals surface area contributed by atoms with Crippen LogP contribution < -0.4 is 0 Å². The molecule has 0 aromatic carbocycles. The van der Waals surface area contributed by atoms with Crippen LogP contribution in [0.15, 0.2) is 18.5 Å². The van der Waals surface area contributed by atoms with Gasteiger partial charge in [-0.2, -0.15) is 0 Å². The molecule has 1 unspecified atom stereocenters. The SMILES string of the molecule is [C-]#[N+]C1(O[Si](C)(C)C)CCCc2cnccc21. The van der Waals surface area contributed by atoms with Crippen LogP contribution in [0.3, 0.4) is 0 Å². The Morgan fingerprint density at radius 3 is 2.88 bits per heavy atom. The van der Waals surface area contributed by atoms with Gasteiger partial charge in [-0.25, -0.2) is 6.57 Å². The van der Waals surface area contributed by atoms with Crippen molar-refractivity contribution in [2.24, 2.45) is 0 Å². The van der Waals surface area contributed by atoms with Crippen LogP contribution in [-0.2, 0) is 16.6 Å². The quantitative estimate of drug-likeness (QED) is 0.591. The van der Waals surface area contributed by atoms with E-state index in [0.717, 1.165) is 24.8 Å². The molecule has 1 aromatic rings. The standard InChI is InChI=1S/C13H18N2OSi/c1-14-13(16-17(2,3)4)8-5-6-11-10-15-9-7-12(11)13/h7,9-10H,5-6,8H2,2-4H3. The Balaban J connectivity index is 2.47. The zero-order valence-electron chi connectivity index (χ0n) is 10.7. The van der Waals surface area contributed by atoms with Gasteiger partial charge in [0.15, 0.2) is 8.32 Å². The maximum atomic E-state index is 7.56. The van der Waals surface area contributed by atoms with E-state index in [-0.39, 0.29) is 0 Å². The van der Waals surface area contributed by atoms with E-state index in [0.29, 0.717) is 0 Å². The van der Waals surface area contributed by atoms with Crippen LogP contribution in [0.25, 0.3) is 4.85 Å². The molecule has 0 saturated carbocycles. The van der Waals surface area contributed by atoms with Crippen LogP contribution in [0.4, 0.5) is 0 Å². The fraction of sp³-hybridized carbons (Fsp3) is 0.538. The normalized spacial score (nSPS) is 23.9. The zero-order chi connectivity index (χ0) is 12.5. The van der Waals surface area contributed by atoms with Crippen molar-refractivity contribution >= 4 is 8.32 Å². The molecule has 3 nitrogen and oxygen atoms in total. The first-order valence-corrected chi connectivity index (χ1v) is 9.40. The molecule has 0 aliphatic heterocycles. The fourth-order valence-corrected chi connectivity index (χ4v) is 3.68. The van der Waals surface area contributed by atoms with Gasteiger partial charge in [0.25, 0.3) is 0 Å². The Hall–Kier alpha value is -1.18. The molecule has 2 rings (SSSR count). The molecule has 0 saturated heterocycles. The van der Waals surface area contributed by atoms with Crippen LogP contribution in [0.2, 0.25) is 19.6 Å². The van der Waals surface area contributed by atoms with Crippen molar-refractivity contribution in [2.75, 3.05) is 0 Å². The van der Waals surface area contributed by atoms with Crippen molar-refractivity contribution in [1.29, 1.82) is 0 Å². The molecule has 1 atom stereocenters. The first-order valence-electron chi connectivity index (χ1n) is 5.99. The van der Waals surface area contributed by atoms with Crippen molar-refractivity contribution in [2.45, 2.75) is 44.6 Å². The minimum atomic E-state index is -1.74. The van der Waals surface area contributed by atoms with E-state index in [1.165, 1.54) is 5.56 Å². The van der Waals surface area contributed by atoms with Gasteiger partial charge in [0.05, 0.1) is 12.0 Å². The lowest BCUT2D eigenvalue weighted by molar-refractivity contribution is 0.0874. The predicted octanol–water partition coefficient (Wildman–Crippen LogP) is 3.34. The van der Waals surface area contributed by atoms with Crippen LogP contribution in [0.1, 0.15) is 24.0 Å². The van der Waals surface area contributed by atoms with Crippen LogP contribution in [-0.4, -0.2) is 13.3 Å². The molecule has 1 heterocycles. The Labute approximate surface area is 104 Å². The minimum absolute atomic E-state index is 0.749. The van der Waals surface area contributed by atoms with E-state index < -0.39 is 14.0 Å². The molecule has 1 aliphatic rings. The lowest BCUT2D eigenvalue weighted by Gasteiger charge is -2.33. The summed E-state index contributed by atoms with van der Waals surface area (Å²) in [6.45, 7) is 14.0. The molecular weight excluding hydrogens is 228 g/mol. The average molecular weight is 246 g/mol. The van der Waals surface area contributed by atoms with Gasteiger partial charge in [-0.05, 0) is 44.1 Å². The predicted molar refractivity (Wildman–Crippen MR) is 69.9 cm³/mol. The largest absolute Gasteiger partial charge is 0.355 e. The maximum Gasteiger partial charge on any atom is 0.355 e. The highest BCUT2D eigenvalue weighted by Gasteiger charge is 2.47. The van der Waals surface area contributed by atoms with Crippen LogP contribution in [0, 0.1) is 6.57 Å². The highest BCUT2D eigenvalue weighted by molar-refractivity contribution is 6.69. The molecule has 4 heteroatoms. The summed E-state index contributed by atoms with van der Waals surface area (Å²) in [7, 11) is -1.74. The topological polar surface area (TPSA) is 26.5 Å². The average Bonchev–Trinajstić information content (AvgIpc) is 2.27. The molecule has 0 amide bonds. The van der Waals surface area contributed by atoms with E-state index in [2.05, 4.69) is 29.5 Å². The van der Waals surface area contributed by atoms with E-state index in [9.17, 15) is 0 Å². The van der Waals surface area contributed by atoms with Crippen LogP contribution in [0.5, 0.6) is 0 Å². The highest BCUT2D eigenvalue weighted by Crippen LogP contribution is 2.41. The number of rotatable bonds is 2. The Morgan fingerprint density at radius 1 is 1.47 bits per heavy atom. The second kappa shape index (κ2) is 4.24. The summed E-state index contributed by atoms with van der Waals surface area (Å²) in [6, 6.07) is 1.95. The van der Waals surface area contributed by atoms with E-state index in [4.69, 9.17) is 11.0 Å². The highest BCUT2D eigenvalue weighted by atomic mass is 28.4. The summed E-state index contributed by atoms with van der Waals surface area (Å²) in [5, 5.41) is 0. The smallest absolute Gasteiger partial charge is 0.347 e. The summed E-state index contributed by atoms with van der Waals surface area (Å²) < 4.78 is 6.20. The van der Waals surface area contributed by atoms with Crippen LogP contribution >= 0.6 is 0 Å². The fourth-order valence-electron chi connectivity index (χ4n) is 2.41. The van der Waals surface area contributed by atoms with Crippen molar-refractivity contribution in [3.8, 4) is 0 Å². The summed E-state index contributed by atoms with van der Waals surface area (Å²) in [6.07, 6.45) is 6.46. The first kappa shape index (κ1) is 12.3. The summed E-state index contributed by atoms with van der Waals surface area (Å²) in [4.78, 5) is 7.99. The van der Waals surface area contributed by atoms with E-state index in [1.807, 2.05) is 12.3 Å². The van der Waals surface area contributed by atoms with Crippen molar-refractivity contribution in [1.82, 2.24) is 4.98 Å². The van der Waals surface area contributed by atoms with Gasteiger partial charge in [0, 0.05) is 12.4 Å². The van der Waals surface area contributed by atoms with Gasteiger partial charge in [-0.3, -0.25) is 9.83 Å². The van der Waals surface area contributed by atoms with Gasteiger partial charge >= 0.3 is 5.72 Å². The molecule has 90 valence electrons. The van der Waals surface area contributed by atoms with Crippen molar-refractivity contribution in [3.05, 3.63) is 41.0 Å². The third-order valence-electron chi connectivity index (χ3n) is 2.94. The number of fused-ring (bicyclic) bond motifs is 1. The second-order valence-electron chi connectivity index (χ2n) is 5.50. The molecule has 1 aromatic heterocycles. The molecule has 0 N–H and O–H groups in total. The van der Waals surface area contributed by atoms with Gasteiger partial charge in [-0.15, -0.1) is 0 Å². The molecule has 0 bridgehead atoms. The van der Waals surface area contributed by atoms with Crippen molar-refractivity contribution in [3.63, 3.8) is 0 Å². The third kappa shape index (κ3) is 2.40. The summed E-state index contributed by atoms with van der Waals surface area (Å²) in [5.41, 5.74) is 1.46. The van der Waals surface area contributed by atoms with Crippen molar-refractivity contribution < 1.29 is 4.43 Å². The van der Waals surface area contributed by atoms with Gasteiger partial charge in [-0.1, -0.05) is 0 Å². The monoisotopic (exact) mass is 246 g/mol. The van der Waals surface area contributed by atoms with Gasteiger partial charge < -0.3 is 4.43 Å². The molecular formula is C13H18N2OSi. The first-order chi connectivity index (χ1) is 7.97. The van der Waals surface area contributed by atoms with E-state index >= 15 is 0 Å². The van der Waals surface area contributed by atoms with Gasteiger partial charge in [0.2, 0.25) is 0 Å².